The van der Waals surface area contributed by atoms with Gasteiger partial charge in [-0.2, -0.15) is 13.2 Å². The molecule has 1 saturated carbocycles. The Bertz CT molecular complexity index is 943. The van der Waals surface area contributed by atoms with Crippen molar-refractivity contribution in [2.24, 2.45) is 5.92 Å². The Morgan fingerprint density at radius 2 is 1.93 bits per heavy atom. The van der Waals surface area contributed by atoms with E-state index < -0.39 is 17.6 Å². The third-order valence-corrected chi connectivity index (χ3v) is 4.29. The predicted octanol–water partition coefficient (Wildman–Crippen LogP) is 3.09. The maximum absolute atomic E-state index is 13.1. The second kappa shape index (κ2) is 8.06. The highest BCUT2D eigenvalue weighted by molar-refractivity contribution is 5.95. The molecule has 0 radical (unpaired) electrons. The summed E-state index contributed by atoms with van der Waals surface area (Å²) in [4.78, 5) is 32.4. The number of hydrogen-bond acceptors (Lipinski definition) is 5. The number of nitrogens with zero attached hydrogens (tertiary/aromatic N) is 2. The molecule has 7 nitrogen and oxygen atoms in total. The summed E-state index contributed by atoms with van der Waals surface area (Å²) in [5, 5.41) is 5.09. The molecular weight excluding hydrogens is 389 g/mol. The number of methoxy groups -OCH3 is 1. The van der Waals surface area contributed by atoms with Gasteiger partial charge in [-0.1, -0.05) is 6.07 Å². The van der Waals surface area contributed by atoms with Crippen LogP contribution in [-0.4, -0.2) is 28.9 Å². The Hall–Kier alpha value is -3.17. The van der Waals surface area contributed by atoms with E-state index in [1.165, 1.54) is 18.2 Å². The van der Waals surface area contributed by atoms with Crippen molar-refractivity contribution >= 4 is 17.8 Å². The monoisotopic (exact) mass is 408 g/mol. The normalized spacial score (nSPS) is 13.7. The number of alkyl halides is 3. The van der Waals surface area contributed by atoms with E-state index in [4.69, 9.17) is 4.74 Å². The molecule has 2 N–H and O–H groups in total. The first-order valence-corrected chi connectivity index (χ1v) is 8.86. The Morgan fingerprint density at radius 3 is 2.55 bits per heavy atom. The number of aryl methyl sites for hydroxylation is 1. The number of aromatic nitrogens is 2. The van der Waals surface area contributed by atoms with Crippen LogP contribution < -0.4 is 15.4 Å². The van der Waals surface area contributed by atoms with E-state index in [1.54, 1.807) is 6.92 Å². The number of hydrogen-bond donors (Lipinski definition) is 2. The zero-order chi connectivity index (χ0) is 21.2. The van der Waals surface area contributed by atoms with Crippen molar-refractivity contribution in [3.05, 3.63) is 46.8 Å². The third kappa shape index (κ3) is 5.21. The van der Waals surface area contributed by atoms with E-state index >= 15 is 0 Å². The molecule has 3 rings (SSSR count). The first-order chi connectivity index (χ1) is 13.7. The van der Waals surface area contributed by atoms with Crippen molar-refractivity contribution in [3.63, 3.8) is 0 Å². The molecule has 29 heavy (non-hydrogen) atoms. The number of halogens is 3. The molecule has 0 unspecified atom stereocenters. The Kier molecular flexibility index (Phi) is 5.71. The van der Waals surface area contributed by atoms with Gasteiger partial charge in [0.05, 0.1) is 12.7 Å². The number of anilines is 1. The fraction of sp³-hybridized carbons (Fsp3) is 0.368. The van der Waals surface area contributed by atoms with Gasteiger partial charge < -0.3 is 10.1 Å². The quantitative estimate of drug-likeness (QED) is 0.766. The lowest BCUT2D eigenvalue weighted by atomic mass is 10.1. The molecule has 1 aromatic carbocycles. The summed E-state index contributed by atoms with van der Waals surface area (Å²) in [5.41, 5.74) is -0.192. The minimum atomic E-state index is -4.58. The zero-order valence-electron chi connectivity index (χ0n) is 15.8. The molecule has 1 aromatic heterocycles. The lowest BCUT2D eigenvalue weighted by Crippen LogP contribution is -2.25. The van der Waals surface area contributed by atoms with E-state index in [0.717, 1.165) is 26.0 Å². The van der Waals surface area contributed by atoms with Gasteiger partial charge >= 0.3 is 6.18 Å². The maximum Gasteiger partial charge on any atom is 0.419 e. The van der Waals surface area contributed by atoms with Crippen molar-refractivity contribution in [2.45, 2.75) is 32.5 Å². The number of amides is 2. The van der Waals surface area contributed by atoms with Gasteiger partial charge in [0.25, 0.3) is 5.91 Å². The lowest BCUT2D eigenvalue weighted by Gasteiger charge is -2.14. The van der Waals surface area contributed by atoms with Gasteiger partial charge in [0, 0.05) is 18.2 Å². The van der Waals surface area contributed by atoms with Gasteiger partial charge in [-0.3, -0.25) is 14.9 Å². The third-order valence-electron chi connectivity index (χ3n) is 4.29. The zero-order valence-corrected chi connectivity index (χ0v) is 15.8. The first-order valence-electron chi connectivity index (χ1n) is 8.86. The van der Waals surface area contributed by atoms with Crippen LogP contribution in [-0.2, 0) is 17.5 Å². The van der Waals surface area contributed by atoms with Gasteiger partial charge in [0.1, 0.15) is 11.4 Å². The molecule has 0 atom stereocenters. The Balaban J connectivity index is 1.70. The second-order valence-corrected chi connectivity index (χ2v) is 6.70. The van der Waals surface area contributed by atoms with Crippen LogP contribution in [0.4, 0.5) is 19.1 Å². The van der Waals surface area contributed by atoms with Crippen LogP contribution in [0.25, 0.3) is 0 Å². The molecule has 0 aliphatic heterocycles. The number of rotatable bonds is 6. The van der Waals surface area contributed by atoms with Crippen molar-refractivity contribution in [1.29, 1.82) is 0 Å². The highest BCUT2D eigenvalue weighted by atomic mass is 19.4. The standard InChI is InChI=1S/C19H19F3N4O3/c1-10-7-14(25-18(24-10)26-16(27)12-4-5-12)17(28)23-9-11-3-6-15(29-2)13(8-11)19(20,21)22/h3,6-8,12H,4-5,9H2,1-2H3,(H,23,28)(H,24,25,26,27). The van der Waals surface area contributed by atoms with Crippen molar-refractivity contribution in [1.82, 2.24) is 15.3 Å². The van der Waals surface area contributed by atoms with Crippen molar-refractivity contribution in [2.75, 3.05) is 12.4 Å². The lowest BCUT2D eigenvalue weighted by molar-refractivity contribution is -0.138. The summed E-state index contributed by atoms with van der Waals surface area (Å²) in [6.07, 6.45) is -2.96. The van der Waals surface area contributed by atoms with Crippen molar-refractivity contribution in [3.8, 4) is 5.75 Å². The van der Waals surface area contributed by atoms with Crippen LogP contribution in [0.3, 0.4) is 0 Å². The molecule has 1 aliphatic carbocycles. The highest BCUT2D eigenvalue weighted by Crippen LogP contribution is 2.36. The van der Waals surface area contributed by atoms with Gasteiger partial charge in [-0.15, -0.1) is 0 Å². The molecule has 10 heteroatoms. The summed E-state index contributed by atoms with van der Waals surface area (Å²) in [7, 11) is 1.16. The summed E-state index contributed by atoms with van der Waals surface area (Å²) in [6, 6.07) is 4.98. The highest BCUT2D eigenvalue weighted by Gasteiger charge is 2.34. The molecule has 2 aromatic rings. The Labute approximate surface area is 164 Å². The molecular formula is C19H19F3N4O3. The first kappa shape index (κ1) is 20.6. The molecule has 1 heterocycles. The molecule has 1 aliphatic rings. The summed E-state index contributed by atoms with van der Waals surface area (Å²) in [6.45, 7) is 1.50. The second-order valence-electron chi connectivity index (χ2n) is 6.70. The van der Waals surface area contributed by atoms with E-state index in [9.17, 15) is 22.8 Å². The number of nitrogens with one attached hydrogen (secondary N) is 2. The minimum absolute atomic E-state index is 0.00755. The fourth-order valence-corrected chi connectivity index (χ4v) is 2.66. The fourth-order valence-electron chi connectivity index (χ4n) is 2.66. The van der Waals surface area contributed by atoms with Crippen LogP contribution in [0.5, 0.6) is 5.75 Å². The molecule has 1 fully saturated rings. The average Bonchev–Trinajstić information content (AvgIpc) is 3.50. The van der Waals surface area contributed by atoms with Gasteiger partial charge in [0.15, 0.2) is 0 Å². The predicted molar refractivity (Wildman–Crippen MR) is 97.3 cm³/mol. The summed E-state index contributed by atoms with van der Waals surface area (Å²) in [5.74, 6) is -1.11. The number of carbonyl (C=O) groups is 2. The molecule has 0 bridgehead atoms. The van der Waals surface area contributed by atoms with Crippen LogP contribution in [0.2, 0.25) is 0 Å². The van der Waals surface area contributed by atoms with Gasteiger partial charge in [-0.05, 0) is 43.5 Å². The smallest absolute Gasteiger partial charge is 0.419 e. The van der Waals surface area contributed by atoms with Crippen LogP contribution in [0, 0.1) is 12.8 Å². The largest absolute Gasteiger partial charge is 0.496 e. The number of benzene rings is 1. The van der Waals surface area contributed by atoms with E-state index in [-0.39, 0.29) is 41.3 Å². The number of carbonyl (C=O) groups excluding carboxylic acids is 2. The molecule has 0 spiro atoms. The molecule has 2 amide bonds. The van der Waals surface area contributed by atoms with Crippen LogP contribution in [0.15, 0.2) is 24.3 Å². The summed E-state index contributed by atoms with van der Waals surface area (Å²) < 4.78 is 44.1. The van der Waals surface area contributed by atoms with Gasteiger partial charge in [0.2, 0.25) is 11.9 Å². The molecule has 0 saturated heterocycles. The van der Waals surface area contributed by atoms with E-state index in [1.807, 2.05) is 0 Å². The summed E-state index contributed by atoms with van der Waals surface area (Å²) >= 11 is 0. The number of ether oxygens (including phenoxy) is 1. The van der Waals surface area contributed by atoms with Gasteiger partial charge in [-0.25, -0.2) is 9.97 Å². The van der Waals surface area contributed by atoms with E-state index in [0.29, 0.717) is 5.69 Å². The minimum Gasteiger partial charge on any atom is -0.496 e. The Morgan fingerprint density at radius 1 is 1.21 bits per heavy atom. The van der Waals surface area contributed by atoms with Crippen LogP contribution >= 0.6 is 0 Å². The van der Waals surface area contributed by atoms with E-state index in [2.05, 4.69) is 20.6 Å². The SMILES string of the molecule is COc1ccc(CNC(=O)c2cc(C)nc(NC(=O)C3CC3)n2)cc1C(F)(F)F. The van der Waals surface area contributed by atoms with Crippen LogP contribution in [0.1, 0.15) is 40.2 Å². The van der Waals surface area contributed by atoms with Crippen molar-refractivity contribution < 1.29 is 27.5 Å². The molecule has 154 valence electrons. The average molecular weight is 408 g/mol. The topological polar surface area (TPSA) is 93.2 Å². The maximum atomic E-state index is 13.1.